The number of nitrogens with one attached hydrogen (secondary N) is 1. The van der Waals surface area contributed by atoms with Gasteiger partial charge in [-0.3, -0.25) is 9.59 Å². The van der Waals surface area contributed by atoms with Crippen LogP contribution < -0.4 is 5.32 Å². The van der Waals surface area contributed by atoms with Crippen molar-refractivity contribution in [2.45, 2.75) is 33.7 Å². The van der Waals surface area contributed by atoms with Gasteiger partial charge in [-0.25, -0.2) is 0 Å². The normalized spacial score (nSPS) is 18.7. The van der Waals surface area contributed by atoms with E-state index in [1.165, 1.54) is 0 Å². The summed E-state index contributed by atoms with van der Waals surface area (Å²) in [5.74, 6) is 0.478. The first-order chi connectivity index (χ1) is 8.43. The lowest BCUT2D eigenvalue weighted by Gasteiger charge is -2.34. The van der Waals surface area contributed by atoms with Crippen LogP contribution in [0.5, 0.6) is 0 Å². The maximum atomic E-state index is 11.9. The summed E-state index contributed by atoms with van der Waals surface area (Å²) in [6.45, 7) is 10.8. The predicted octanol–water partition coefficient (Wildman–Crippen LogP) is 0.311. The average molecular weight is 255 g/mol. The minimum atomic E-state index is 0.0566. The molecule has 0 saturated carbocycles. The molecule has 1 rings (SSSR count). The molecule has 1 atom stereocenters. The molecule has 1 aliphatic rings. The SMILES string of the molecule is CCN1CC(=O)N(CC(C)CNC(C)C)CC1=O. The molecule has 2 amide bonds. The molecule has 0 aromatic rings. The topological polar surface area (TPSA) is 52.7 Å². The molecule has 1 unspecified atom stereocenters. The van der Waals surface area contributed by atoms with E-state index in [1.807, 2.05) is 6.92 Å². The van der Waals surface area contributed by atoms with Gasteiger partial charge in [-0.05, 0) is 19.4 Å². The lowest BCUT2D eigenvalue weighted by Crippen LogP contribution is -2.54. The van der Waals surface area contributed by atoms with E-state index in [4.69, 9.17) is 0 Å². The van der Waals surface area contributed by atoms with Crippen LogP contribution in [-0.4, -0.2) is 60.4 Å². The van der Waals surface area contributed by atoms with Gasteiger partial charge in [0, 0.05) is 19.1 Å². The lowest BCUT2D eigenvalue weighted by molar-refractivity contribution is -0.150. The molecule has 0 radical (unpaired) electrons. The molecule has 1 aliphatic heterocycles. The van der Waals surface area contributed by atoms with Crippen LogP contribution in [0.3, 0.4) is 0 Å². The minimum Gasteiger partial charge on any atom is -0.332 e. The van der Waals surface area contributed by atoms with Crippen molar-refractivity contribution in [2.24, 2.45) is 5.92 Å². The zero-order valence-corrected chi connectivity index (χ0v) is 11.9. The summed E-state index contributed by atoms with van der Waals surface area (Å²) in [7, 11) is 0. The van der Waals surface area contributed by atoms with Gasteiger partial charge in [0.2, 0.25) is 11.8 Å². The number of rotatable bonds is 6. The Morgan fingerprint density at radius 2 is 1.67 bits per heavy atom. The molecule has 0 aromatic heterocycles. The van der Waals surface area contributed by atoms with Crippen molar-refractivity contribution < 1.29 is 9.59 Å². The van der Waals surface area contributed by atoms with Crippen molar-refractivity contribution in [3.8, 4) is 0 Å². The Hall–Kier alpha value is -1.10. The predicted molar refractivity (Wildman–Crippen MR) is 71.1 cm³/mol. The highest BCUT2D eigenvalue weighted by molar-refractivity contribution is 5.92. The Balaban J connectivity index is 2.42. The molecule has 18 heavy (non-hydrogen) atoms. The van der Waals surface area contributed by atoms with Gasteiger partial charge in [-0.2, -0.15) is 0 Å². The third-order valence-electron chi connectivity index (χ3n) is 3.15. The molecule has 0 aromatic carbocycles. The van der Waals surface area contributed by atoms with Crippen molar-refractivity contribution in [1.29, 1.82) is 0 Å². The number of carbonyl (C=O) groups excluding carboxylic acids is 2. The molecule has 1 N–H and O–H groups in total. The van der Waals surface area contributed by atoms with Crippen LogP contribution in [0.1, 0.15) is 27.7 Å². The van der Waals surface area contributed by atoms with E-state index in [-0.39, 0.29) is 24.9 Å². The minimum absolute atomic E-state index is 0.0566. The van der Waals surface area contributed by atoms with E-state index in [2.05, 4.69) is 26.1 Å². The van der Waals surface area contributed by atoms with Crippen LogP contribution in [0.25, 0.3) is 0 Å². The van der Waals surface area contributed by atoms with Gasteiger partial charge < -0.3 is 15.1 Å². The third-order valence-corrected chi connectivity index (χ3v) is 3.15. The Labute approximate surface area is 110 Å². The summed E-state index contributed by atoms with van der Waals surface area (Å²) in [4.78, 5) is 26.9. The smallest absolute Gasteiger partial charge is 0.242 e. The zero-order chi connectivity index (χ0) is 13.7. The van der Waals surface area contributed by atoms with Gasteiger partial charge in [0.05, 0.1) is 13.1 Å². The van der Waals surface area contributed by atoms with Gasteiger partial charge in [-0.15, -0.1) is 0 Å². The Bertz CT molecular complexity index is 305. The number of nitrogens with zero attached hydrogens (tertiary/aromatic N) is 2. The summed E-state index contributed by atoms with van der Waals surface area (Å²) < 4.78 is 0. The van der Waals surface area contributed by atoms with Crippen LogP contribution >= 0.6 is 0 Å². The van der Waals surface area contributed by atoms with Crippen LogP contribution in [0.2, 0.25) is 0 Å². The summed E-state index contributed by atoms with van der Waals surface area (Å²) >= 11 is 0. The van der Waals surface area contributed by atoms with E-state index in [0.29, 0.717) is 25.0 Å². The number of carbonyl (C=O) groups is 2. The van der Waals surface area contributed by atoms with E-state index >= 15 is 0 Å². The van der Waals surface area contributed by atoms with Gasteiger partial charge in [0.25, 0.3) is 0 Å². The molecule has 1 heterocycles. The number of likely N-dealkylation sites (N-methyl/N-ethyl adjacent to an activating group) is 1. The van der Waals surface area contributed by atoms with Crippen molar-refractivity contribution in [2.75, 3.05) is 32.7 Å². The molecule has 0 bridgehead atoms. The average Bonchev–Trinajstić information content (AvgIpc) is 2.30. The van der Waals surface area contributed by atoms with Crippen LogP contribution in [0, 0.1) is 5.92 Å². The quantitative estimate of drug-likeness (QED) is 0.743. The van der Waals surface area contributed by atoms with Crippen LogP contribution in [0.15, 0.2) is 0 Å². The largest absolute Gasteiger partial charge is 0.332 e. The molecule has 0 aliphatic carbocycles. The van der Waals surface area contributed by atoms with Crippen molar-refractivity contribution in [1.82, 2.24) is 15.1 Å². The fourth-order valence-electron chi connectivity index (χ4n) is 2.04. The first-order valence-corrected chi connectivity index (χ1v) is 6.73. The van der Waals surface area contributed by atoms with E-state index < -0.39 is 0 Å². The highest BCUT2D eigenvalue weighted by atomic mass is 16.2. The summed E-state index contributed by atoms with van der Waals surface area (Å²) in [5.41, 5.74) is 0. The molecular formula is C13H25N3O2. The van der Waals surface area contributed by atoms with Crippen molar-refractivity contribution in [3.05, 3.63) is 0 Å². The van der Waals surface area contributed by atoms with Gasteiger partial charge >= 0.3 is 0 Å². The van der Waals surface area contributed by atoms with Crippen LogP contribution in [-0.2, 0) is 9.59 Å². The molecule has 1 saturated heterocycles. The highest BCUT2D eigenvalue weighted by Crippen LogP contribution is 2.07. The standard InChI is InChI=1S/C13H25N3O2/c1-5-15-8-13(18)16(9-12(15)17)7-11(4)6-14-10(2)3/h10-11,14H,5-9H2,1-4H3. The molecule has 1 fully saturated rings. The Morgan fingerprint density at radius 1 is 1.11 bits per heavy atom. The number of hydrogen-bond acceptors (Lipinski definition) is 3. The van der Waals surface area contributed by atoms with Crippen LogP contribution in [0.4, 0.5) is 0 Å². The molecule has 5 nitrogen and oxygen atoms in total. The van der Waals surface area contributed by atoms with Gasteiger partial charge in [0.1, 0.15) is 0 Å². The summed E-state index contributed by atoms with van der Waals surface area (Å²) in [6.07, 6.45) is 0. The van der Waals surface area contributed by atoms with Gasteiger partial charge in [-0.1, -0.05) is 20.8 Å². The third kappa shape index (κ3) is 4.29. The number of piperazine rings is 1. The van der Waals surface area contributed by atoms with E-state index in [1.54, 1.807) is 9.80 Å². The Kier molecular flexibility index (Phi) is 5.59. The fraction of sp³-hybridized carbons (Fsp3) is 0.846. The molecule has 0 spiro atoms. The van der Waals surface area contributed by atoms with Crippen molar-refractivity contribution in [3.63, 3.8) is 0 Å². The maximum absolute atomic E-state index is 11.9. The monoisotopic (exact) mass is 255 g/mol. The molecule has 104 valence electrons. The second kappa shape index (κ2) is 6.73. The first kappa shape index (κ1) is 15.0. The van der Waals surface area contributed by atoms with E-state index in [0.717, 1.165) is 6.54 Å². The van der Waals surface area contributed by atoms with Crippen molar-refractivity contribution >= 4 is 11.8 Å². The van der Waals surface area contributed by atoms with Gasteiger partial charge in [0.15, 0.2) is 0 Å². The fourth-order valence-corrected chi connectivity index (χ4v) is 2.04. The lowest BCUT2D eigenvalue weighted by atomic mass is 10.1. The first-order valence-electron chi connectivity index (χ1n) is 6.73. The molecule has 5 heteroatoms. The number of hydrogen-bond donors (Lipinski definition) is 1. The highest BCUT2D eigenvalue weighted by Gasteiger charge is 2.29. The second-order valence-corrected chi connectivity index (χ2v) is 5.35. The summed E-state index contributed by atoms with van der Waals surface area (Å²) in [6, 6.07) is 0.446. The maximum Gasteiger partial charge on any atom is 0.242 e. The number of amides is 2. The molecular weight excluding hydrogens is 230 g/mol. The second-order valence-electron chi connectivity index (χ2n) is 5.35. The van der Waals surface area contributed by atoms with E-state index in [9.17, 15) is 9.59 Å². The zero-order valence-electron chi connectivity index (χ0n) is 11.9. The summed E-state index contributed by atoms with van der Waals surface area (Å²) in [5, 5.41) is 3.35. The Morgan fingerprint density at radius 3 is 2.22 bits per heavy atom.